The molecule has 3 fully saturated rings. The normalized spacial score (nSPS) is 29.6. The second-order valence-electron chi connectivity index (χ2n) is 21.2. The summed E-state index contributed by atoms with van der Waals surface area (Å²) in [5.74, 6) is -8.94. The van der Waals surface area contributed by atoms with Gasteiger partial charge in [-0.1, -0.05) is 70.5 Å². The van der Waals surface area contributed by atoms with Crippen LogP contribution in [0.25, 0.3) is 0 Å². The topological polar surface area (TPSA) is 181 Å². The fourth-order valence-electron chi connectivity index (χ4n) is 8.30. The Hall–Kier alpha value is -3.67. The zero-order chi connectivity index (χ0) is 49.1. The maximum absolute atomic E-state index is 15.4. The summed E-state index contributed by atoms with van der Waals surface area (Å²) in [6.07, 6.45) is -2.73. The van der Waals surface area contributed by atoms with Gasteiger partial charge in [-0.2, -0.15) is 0 Å². The number of rotatable bonds is 18. The van der Waals surface area contributed by atoms with Crippen LogP contribution in [0.2, 0.25) is 0 Å². The second kappa shape index (κ2) is 20.3. The highest BCUT2D eigenvalue weighted by atomic mass is 32.1. The van der Waals surface area contributed by atoms with Crippen LogP contribution in [-0.4, -0.2) is 111 Å². The van der Waals surface area contributed by atoms with Gasteiger partial charge in [0.15, 0.2) is 18.0 Å². The molecule has 3 heterocycles. The van der Waals surface area contributed by atoms with Gasteiger partial charge in [-0.3, -0.25) is 0 Å². The third-order valence-electron chi connectivity index (χ3n) is 11.5. The molecule has 0 saturated carbocycles. The van der Waals surface area contributed by atoms with E-state index in [-0.39, 0.29) is 29.9 Å². The molecule has 3 aliphatic rings. The van der Waals surface area contributed by atoms with E-state index in [9.17, 15) is 19.5 Å². The molecular formula is C49H74O15S. The third kappa shape index (κ3) is 12.9. The number of esters is 4. The van der Waals surface area contributed by atoms with E-state index in [4.69, 9.17) is 59.6 Å². The molecule has 0 amide bonds. The van der Waals surface area contributed by atoms with Crippen molar-refractivity contribution >= 4 is 41.3 Å². The first kappa shape index (κ1) is 53.9. The lowest BCUT2D eigenvalue weighted by atomic mass is 9.74. The van der Waals surface area contributed by atoms with E-state index in [2.05, 4.69) is 13.8 Å². The van der Waals surface area contributed by atoms with Crippen molar-refractivity contribution in [1.29, 1.82) is 0 Å². The van der Waals surface area contributed by atoms with E-state index in [1.165, 1.54) is 34.0 Å². The number of carbonyl (C=O) groups is 4. The summed E-state index contributed by atoms with van der Waals surface area (Å²) in [5, 5.41) is 13.3. The Bertz CT molecular complexity index is 1880. The summed E-state index contributed by atoms with van der Waals surface area (Å²) >= 11 is 5.43. The van der Waals surface area contributed by atoms with Crippen molar-refractivity contribution in [3.8, 4) is 0 Å². The lowest BCUT2D eigenvalue weighted by molar-refractivity contribution is -0.388. The molecule has 5 unspecified atom stereocenters. The molecule has 0 spiro atoms. The average molecular weight is 935 g/mol. The minimum absolute atomic E-state index is 0.00120. The van der Waals surface area contributed by atoms with Crippen molar-refractivity contribution in [3.63, 3.8) is 0 Å². The minimum atomic E-state index is -3.48. The number of hydrogen-bond donors (Lipinski definition) is 1. The van der Waals surface area contributed by atoms with Crippen LogP contribution >= 0.6 is 12.2 Å². The highest BCUT2D eigenvalue weighted by molar-refractivity contribution is 7.79. The number of benzene rings is 1. The summed E-state index contributed by atoms with van der Waals surface area (Å²) < 4.78 is 62.1. The number of hydrogen-bond acceptors (Lipinski definition) is 16. The summed E-state index contributed by atoms with van der Waals surface area (Å²) in [6, 6.07) is 9.82. The van der Waals surface area contributed by atoms with E-state index in [0.29, 0.717) is 12.3 Å². The number of thiocarbonyl (C=S) groups is 1. The number of ether oxygens (including phenoxy) is 10. The molecule has 366 valence electrons. The highest BCUT2D eigenvalue weighted by Crippen LogP contribution is 2.59. The predicted molar refractivity (Wildman–Crippen MR) is 243 cm³/mol. The van der Waals surface area contributed by atoms with Crippen molar-refractivity contribution in [2.45, 2.75) is 206 Å². The van der Waals surface area contributed by atoms with Crippen molar-refractivity contribution in [2.24, 2.45) is 17.8 Å². The van der Waals surface area contributed by atoms with Gasteiger partial charge < -0.3 is 52.5 Å². The Morgan fingerprint density at radius 2 is 1.43 bits per heavy atom. The molecule has 65 heavy (non-hydrogen) atoms. The van der Waals surface area contributed by atoms with Gasteiger partial charge >= 0.3 is 29.1 Å². The van der Waals surface area contributed by atoms with Gasteiger partial charge in [-0.25, -0.2) is 19.2 Å². The smallest absolute Gasteiger partial charge is 0.353 e. The van der Waals surface area contributed by atoms with Gasteiger partial charge in [0, 0.05) is 37.7 Å². The quantitative estimate of drug-likeness (QED) is 0.0498. The van der Waals surface area contributed by atoms with Crippen molar-refractivity contribution in [3.05, 3.63) is 48.0 Å². The Balaban J connectivity index is 2.04. The Kier molecular flexibility index (Phi) is 16.8. The van der Waals surface area contributed by atoms with Crippen LogP contribution in [0, 0.1) is 17.8 Å². The molecule has 16 heteroatoms. The molecule has 1 aromatic rings. The van der Waals surface area contributed by atoms with Crippen LogP contribution in [0.15, 0.2) is 42.5 Å². The fourth-order valence-corrected chi connectivity index (χ4v) is 8.53. The molecule has 1 aromatic carbocycles. The number of allylic oxidation sites excluding steroid dienone is 1. The molecule has 15 nitrogen and oxygen atoms in total. The Labute approximate surface area is 390 Å². The van der Waals surface area contributed by atoms with E-state index < -0.39 is 94.0 Å². The zero-order valence-corrected chi connectivity index (χ0v) is 42.1. The maximum atomic E-state index is 15.4. The molecule has 0 radical (unpaired) electrons. The molecule has 1 N–H and O–H groups in total. The maximum Gasteiger partial charge on any atom is 0.353 e. The van der Waals surface area contributed by atoms with Gasteiger partial charge in [0.2, 0.25) is 17.5 Å². The van der Waals surface area contributed by atoms with E-state index in [1.807, 2.05) is 44.2 Å². The van der Waals surface area contributed by atoms with Gasteiger partial charge in [0.1, 0.15) is 29.0 Å². The Morgan fingerprint density at radius 3 is 1.98 bits per heavy atom. The number of carbonyl (C=O) groups excluding carboxylic acids is 4. The SMILES string of the molecule is CCC(C)CC(C)/C=C/C(=O)O[C@@H]1[C@@H](OC(C)(C)OC)[C@]2(CCC3OC(=S)OC3C(C)Cc3ccccc3)O[C@H](C(=O)OC(C)(C)C)[C@@](O)(C(=O)OC(C)(C)C)[C@@]1(C(=O)OC(C)(C)C)O2. The van der Waals surface area contributed by atoms with Crippen LogP contribution < -0.4 is 0 Å². The van der Waals surface area contributed by atoms with Crippen LogP contribution in [0.3, 0.4) is 0 Å². The third-order valence-corrected chi connectivity index (χ3v) is 11.7. The second-order valence-corrected chi connectivity index (χ2v) is 21.6. The first-order valence-electron chi connectivity index (χ1n) is 22.6. The van der Waals surface area contributed by atoms with Crippen LogP contribution in [0.1, 0.15) is 135 Å². The molecule has 4 rings (SSSR count). The molecule has 3 saturated heterocycles. The standard InChI is InChI=1S/C49H74O15S/c1-17-29(2)27-30(3)23-24-34(50)57-37-36(59-46(14,15)55-16)47(26-25-33-35(58-42(65)56-33)31(4)28-32-21-19-18-20-22-32)60-38(39(51)61-43(5,6)7)48(54,40(52)62-44(8,9)10)49(37,64-47)41(53)63-45(11,12)13/h18-24,29-31,33,35-38,54H,17,25-28H2,1-16H3/b24-23+/t29?,30?,31?,33?,35?,36-,37-,38-,47-,48-,49-/m1/s1. The van der Waals surface area contributed by atoms with E-state index in [1.54, 1.807) is 61.5 Å². The van der Waals surface area contributed by atoms with Crippen LogP contribution in [0.4, 0.5) is 0 Å². The van der Waals surface area contributed by atoms with Gasteiger partial charge in [0.05, 0.1) is 0 Å². The minimum Gasteiger partial charge on any atom is -0.458 e. The fraction of sp³-hybridized carbons (Fsp3) is 0.735. The van der Waals surface area contributed by atoms with Gasteiger partial charge in [-0.05, 0) is 113 Å². The average Bonchev–Trinajstić information content (AvgIpc) is 3.66. The first-order chi connectivity index (χ1) is 29.8. The van der Waals surface area contributed by atoms with Crippen LogP contribution in [-0.2, 0) is 73.0 Å². The van der Waals surface area contributed by atoms with Gasteiger partial charge in [-0.15, -0.1) is 0 Å². The van der Waals surface area contributed by atoms with Gasteiger partial charge in [0.25, 0.3) is 5.60 Å². The van der Waals surface area contributed by atoms with E-state index >= 15 is 4.79 Å². The predicted octanol–water partition coefficient (Wildman–Crippen LogP) is 7.64. The summed E-state index contributed by atoms with van der Waals surface area (Å²) in [4.78, 5) is 59.4. The molecular weight excluding hydrogens is 861 g/mol. The Morgan fingerprint density at radius 1 is 0.846 bits per heavy atom. The van der Waals surface area contributed by atoms with Crippen molar-refractivity contribution in [2.75, 3.05) is 7.11 Å². The number of aliphatic hydroxyl groups is 1. The van der Waals surface area contributed by atoms with Crippen molar-refractivity contribution < 1.29 is 71.7 Å². The molecule has 0 aliphatic carbocycles. The first-order valence-corrected chi connectivity index (χ1v) is 23.1. The summed E-state index contributed by atoms with van der Waals surface area (Å²) in [5.41, 5.74) is -9.44. The summed E-state index contributed by atoms with van der Waals surface area (Å²) in [7, 11) is 1.37. The molecule has 11 atom stereocenters. The number of methoxy groups -OCH3 is 1. The largest absolute Gasteiger partial charge is 0.458 e. The highest BCUT2D eigenvalue weighted by Gasteiger charge is 2.87. The van der Waals surface area contributed by atoms with E-state index in [0.717, 1.165) is 18.4 Å². The number of fused-ring (bicyclic) bond motifs is 2. The monoisotopic (exact) mass is 934 g/mol. The summed E-state index contributed by atoms with van der Waals surface area (Å²) in [6.45, 7) is 25.2. The lowest BCUT2D eigenvalue weighted by Crippen LogP contribution is -2.79. The molecule has 2 bridgehead atoms. The molecule has 3 aliphatic heterocycles. The van der Waals surface area contributed by atoms with Crippen molar-refractivity contribution in [1.82, 2.24) is 0 Å². The van der Waals surface area contributed by atoms with Crippen LogP contribution in [0.5, 0.6) is 0 Å². The zero-order valence-electron chi connectivity index (χ0n) is 41.3. The lowest BCUT2D eigenvalue weighted by Gasteiger charge is -2.51. The molecule has 0 aromatic heterocycles.